The summed E-state index contributed by atoms with van der Waals surface area (Å²) in [6.45, 7) is 2.12. The zero-order chi connectivity index (χ0) is 20.6. The maximum absolute atomic E-state index is 14.9. The molecular formula is C26H26FO2S+. The molecule has 2 saturated heterocycles. The molecule has 0 aromatic heterocycles. The molecule has 5 rings (SSSR count). The van der Waals surface area contributed by atoms with Crippen LogP contribution in [0.15, 0.2) is 93.5 Å². The van der Waals surface area contributed by atoms with Crippen LogP contribution in [0.3, 0.4) is 0 Å². The number of rotatable bonds is 6. The Hall–Kier alpha value is -2.30. The fourth-order valence-electron chi connectivity index (χ4n) is 4.74. The summed E-state index contributed by atoms with van der Waals surface area (Å²) in [7, 11) is -0.331. The molecule has 154 valence electrons. The monoisotopic (exact) mass is 421 g/mol. The third-order valence-corrected chi connectivity index (χ3v) is 8.49. The fraction of sp³-hybridized carbons (Fsp3) is 0.308. The van der Waals surface area contributed by atoms with Gasteiger partial charge in [-0.2, -0.15) is 0 Å². The summed E-state index contributed by atoms with van der Waals surface area (Å²) >= 11 is 0. The van der Waals surface area contributed by atoms with E-state index in [0.29, 0.717) is 5.75 Å². The van der Waals surface area contributed by atoms with Crippen molar-refractivity contribution in [2.24, 2.45) is 0 Å². The van der Waals surface area contributed by atoms with Crippen LogP contribution in [0.25, 0.3) is 0 Å². The first-order valence-electron chi connectivity index (χ1n) is 10.7. The Kier molecular flexibility index (Phi) is 5.30. The molecule has 3 aromatic rings. The molecule has 0 radical (unpaired) electrons. The average Bonchev–Trinajstić information content (AvgIpc) is 3.39. The van der Waals surface area contributed by atoms with Gasteiger partial charge in [-0.3, -0.25) is 0 Å². The van der Waals surface area contributed by atoms with Gasteiger partial charge in [-0.15, -0.1) is 0 Å². The number of hydrogen-bond donors (Lipinski definition) is 0. The van der Waals surface area contributed by atoms with E-state index >= 15 is 0 Å². The zero-order valence-corrected chi connectivity index (χ0v) is 17.9. The van der Waals surface area contributed by atoms with Crippen LogP contribution in [-0.4, -0.2) is 17.8 Å². The second-order valence-electron chi connectivity index (χ2n) is 8.07. The highest BCUT2D eigenvalue weighted by Gasteiger charge is 2.53. The largest absolute Gasteiger partial charge is 0.481 e. The van der Waals surface area contributed by atoms with Crippen LogP contribution in [0.4, 0.5) is 4.39 Å². The quantitative estimate of drug-likeness (QED) is 0.429. The van der Waals surface area contributed by atoms with Crippen molar-refractivity contribution in [3.8, 4) is 5.75 Å². The van der Waals surface area contributed by atoms with Crippen LogP contribution in [0, 0.1) is 5.82 Å². The normalized spacial score (nSPS) is 25.0. The average molecular weight is 422 g/mol. The molecule has 0 saturated carbocycles. The van der Waals surface area contributed by atoms with Crippen LogP contribution < -0.4 is 4.74 Å². The predicted molar refractivity (Wildman–Crippen MR) is 118 cm³/mol. The lowest BCUT2D eigenvalue weighted by Crippen LogP contribution is -2.45. The molecule has 2 aliphatic heterocycles. The molecule has 3 atom stereocenters. The third-order valence-electron chi connectivity index (χ3n) is 6.28. The minimum atomic E-state index is -0.416. The van der Waals surface area contributed by atoms with E-state index in [0.717, 1.165) is 30.6 Å². The topological polar surface area (TPSA) is 18.5 Å². The summed E-state index contributed by atoms with van der Waals surface area (Å²) in [5.41, 5.74) is -0.416. The molecule has 2 aliphatic rings. The summed E-state index contributed by atoms with van der Waals surface area (Å²) in [5.74, 6) is 0.0360. The van der Waals surface area contributed by atoms with Gasteiger partial charge in [0.1, 0.15) is 5.60 Å². The maximum Gasteiger partial charge on any atom is 0.170 e. The molecule has 0 N–H and O–H groups in total. The van der Waals surface area contributed by atoms with Gasteiger partial charge in [-0.25, -0.2) is 4.39 Å². The van der Waals surface area contributed by atoms with Crippen molar-refractivity contribution >= 4 is 10.9 Å². The lowest BCUT2D eigenvalue weighted by Gasteiger charge is -2.35. The van der Waals surface area contributed by atoms with E-state index in [1.807, 2.05) is 24.3 Å². The molecule has 2 fully saturated rings. The van der Waals surface area contributed by atoms with Gasteiger partial charge in [0, 0.05) is 12.5 Å². The van der Waals surface area contributed by atoms with Crippen molar-refractivity contribution in [2.45, 2.75) is 65.1 Å². The van der Waals surface area contributed by atoms with Gasteiger partial charge < -0.3 is 9.47 Å². The molecule has 30 heavy (non-hydrogen) atoms. The van der Waals surface area contributed by atoms with Gasteiger partial charge in [0.25, 0.3) is 0 Å². The van der Waals surface area contributed by atoms with Gasteiger partial charge in [0.15, 0.2) is 26.3 Å². The molecule has 0 spiro atoms. The summed E-state index contributed by atoms with van der Waals surface area (Å²) in [6.07, 6.45) is 4.07. The fourth-order valence-corrected chi connectivity index (χ4v) is 6.84. The van der Waals surface area contributed by atoms with Crippen LogP contribution in [0.2, 0.25) is 0 Å². The zero-order valence-electron chi connectivity index (χ0n) is 17.1. The Morgan fingerprint density at radius 2 is 1.60 bits per heavy atom. The highest BCUT2D eigenvalue weighted by Crippen LogP contribution is 2.47. The SMILES string of the molecule is CCC1(Oc2cc([S+](c3ccccc3)c3ccccc3)ccc2F)CC2CCC1O2. The maximum atomic E-state index is 14.9. The summed E-state index contributed by atoms with van der Waals surface area (Å²) in [6, 6.07) is 26.1. The molecule has 3 aromatic carbocycles. The Balaban J connectivity index is 1.54. The smallest absolute Gasteiger partial charge is 0.170 e. The van der Waals surface area contributed by atoms with E-state index in [1.54, 1.807) is 6.07 Å². The molecule has 0 aliphatic carbocycles. The van der Waals surface area contributed by atoms with E-state index in [2.05, 4.69) is 55.5 Å². The minimum Gasteiger partial charge on any atom is -0.481 e. The molecule has 3 unspecified atom stereocenters. The van der Waals surface area contributed by atoms with Crippen LogP contribution in [0.1, 0.15) is 32.6 Å². The standard InChI is InChI=1S/C26H26FO2S/c1-2-26(18-19-13-16-25(26)28-19)29-24-17-22(14-15-23(24)27)30(20-9-5-3-6-10-20)21-11-7-4-8-12-21/h3-12,14-15,17,19,25H,2,13,16,18H2,1H3/q+1. The first-order valence-corrected chi connectivity index (χ1v) is 11.9. The van der Waals surface area contributed by atoms with Gasteiger partial charge in [0.2, 0.25) is 0 Å². The lowest BCUT2D eigenvalue weighted by atomic mass is 9.82. The van der Waals surface area contributed by atoms with E-state index in [-0.39, 0.29) is 28.9 Å². The number of ether oxygens (including phenoxy) is 2. The molecule has 2 nitrogen and oxygen atoms in total. The summed E-state index contributed by atoms with van der Waals surface area (Å²) in [4.78, 5) is 3.46. The Morgan fingerprint density at radius 1 is 0.933 bits per heavy atom. The first-order chi connectivity index (χ1) is 14.7. The van der Waals surface area contributed by atoms with Crippen molar-refractivity contribution in [2.75, 3.05) is 0 Å². The second kappa shape index (κ2) is 8.09. The predicted octanol–water partition coefficient (Wildman–Crippen LogP) is 6.40. The number of fused-ring (bicyclic) bond motifs is 2. The molecule has 0 amide bonds. The van der Waals surface area contributed by atoms with Crippen LogP contribution in [-0.2, 0) is 15.6 Å². The van der Waals surface area contributed by atoms with Crippen molar-refractivity contribution < 1.29 is 13.9 Å². The van der Waals surface area contributed by atoms with Crippen molar-refractivity contribution in [1.82, 2.24) is 0 Å². The molecule has 2 heterocycles. The van der Waals surface area contributed by atoms with Crippen LogP contribution >= 0.6 is 0 Å². The van der Waals surface area contributed by atoms with E-state index in [9.17, 15) is 4.39 Å². The Morgan fingerprint density at radius 3 is 2.13 bits per heavy atom. The van der Waals surface area contributed by atoms with E-state index in [4.69, 9.17) is 9.47 Å². The van der Waals surface area contributed by atoms with Gasteiger partial charge in [0.05, 0.1) is 23.1 Å². The van der Waals surface area contributed by atoms with Crippen molar-refractivity contribution in [3.63, 3.8) is 0 Å². The number of halogens is 1. The number of benzene rings is 3. The summed E-state index contributed by atoms with van der Waals surface area (Å²) in [5, 5.41) is 0. The number of hydrogen-bond acceptors (Lipinski definition) is 2. The highest BCUT2D eigenvalue weighted by atomic mass is 32.2. The Labute approximate surface area is 180 Å². The molecule has 4 heteroatoms. The second-order valence-corrected chi connectivity index (χ2v) is 10.1. The van der Waals surface area contributed by atoms with Crippen LogP contribution in [0.5, 0.6) is 5.75 Å². The third kappa shape index (κ3) is 3.52. The van der Waals surface area contributed by atoms with E-state index in [1.165, 1.54) is 9.79 Å². The highest BCUT2D eigenvalue weighted by molar-refractivity contribution is 7.97. The molecular weight excluding hydrogens is 395 g/mol. The Bertz CT molecular complexity index is 971. The van der Waals surface area contributed by atoms with E-state index < -0.39 is 5.60 Å². The lowest BCUT2D eigenvalue weighted by molar-refractivity contribution is -0.0137. The summed E-state index contributed by atoms with van der Waals surface area (Å²) < 4.78 is 27.4. The van der Waals surface area contributed by atoms with Crippen molar-refractivity contribution in [1.29, 1.82) is 0 Å². The minimum absolute atomic E-state index is 0.0667. The first kappa shape index (κ1) is 19.7. The van der Waals surface area contributed by atoms with Gasteiger partial charge in [-0.05, 0) is 55.7 Å². The molecule has 2 bridgehead atoms. The van der Waals surface area contributed by atoms with Crippen molar-refractivity contribution in [3.05, 3.63) is 84.7 Å². The van der Waals surface area contributed by atoms with Gasteiger partial charge in [-0.1, -0.05) is 43.3 Å². The van der Waals surface area contributed by atoms with Gasteiger partial charge >= 0.3 is 0 Å².